The van der Waals surface area contributed by atoms with E-state index in [9.17, 15) is 0 Å². The highest BCUT2D eigenvalue weighted by molar-refractivity contribution is 5.46. The summed E-state index contributed by atoms with van der Waals surface area (Å²) >= 11 is 0. The highest BCUT2D eigenvalue weighted by Crippen LogP contribution is 2.14. The first-order valence-electron chi connectivity index (χ1n) is 3.80. The predicted octanol–water partition coefficient (Wildman–Crippen LogP) is 3.64. The summed E-state index contributed by atoms with van der Waals surface area (Å²) in [6.45, 7) is 15.5. The molecule has 0 aliphatic rings. The number of allylic oxidation sites excluding steroid dienone is 5. The molecule has 11 heavy (non-hydrogen) atoms. The molecule has 60 valence electrons. The summed E-state index contributed by atoms with van der Waals surface area (Å²) in [5.74, 6) is 0. The molecule has 0 atom stereocenters. The third kappa shape index (κ3) is 3.61. The molecule has 0 bridgehead atoms. The molecule has 0 aliphatic heterocycles. The second kappa shape index (κ2) is 4.73. The van der Waals surface area contributed by atoms with Crippen LogP contribution < -0.4 is 0 Å². The van der Waals surface area contributed by atoms with Gasteiger partial charge < -0.3 is 0 Å². The van der Waals surface area contributed by atoms with Crippen LogP contribution in [0.1, 0.15) is 20.3 Å². The zero-order valence-corrected chi connectivity index (χ0v) is 7.48. The molecule has 0 radical (unpaired) electrons. The van der Waals surface area contributed by atoms with Gasteiger partial charge in [-0.15, -0.1) is 0 Å². The molecule has 0 fully saturated rings. The third-order valence-electron chi connectivity index (χ3n) is 1.46. The van der Waals surface area contributed by atoms with Crippen molar-refractivity contribution >= 4 is 0 Å². The van der Waals surface area contributed by atoms with Crippen molar-refractivity contribution in [2.24, 2.45) is 0 Å². The van der Waals surface area contributed by atoms with E-state index < -0.39 is 0 Å². The van der Waals surface area contributed by atoms with Gasteiger partial charge in [0.05, 0.1) is 0 Å². The molecule has 0 unspecified atom stereocenters. The van der Waals surface area contributed by atoms with E-state index >= 15 is 0 Å². The van der Waals surface area contributed by atoms with Crippen LogP contribution in [0.15, 0.2) is 48.6 Å². The molecule has 0 N–H and O–H groups in total. The Bertz CT molecular complexity index is 204. The van der Waals surface area contributed by atoms with E-state index in [-0.39, 0.29) is 0 Å². The van der Waals surface area contributed by atoms with Crippen LogP contribution in [0.4, 0.5) is 0 Å². The fourth-order valence-corrected chi connectivity index (χ4v) is 0.635. The molecule has 0 spiro atoms. The van der Waals surface area contributed by atoms with E-state index in [1.54, 1.807) is 0 Å². The van der Waals surface area contributed by atoms with Gasteiger partial charge in [-0.3, -0.25) is 0 Å². The van der Waals surface area contributed by atoms with Crippen LogP contribution in [0.2, 0.25) is 0 Å². The lowest BCUT2D eigenvalue weighted by molar-refractivity contribution is 1.22. The van der Waals surface area contributed by atoms with Crippen molar-refractivity contribution in [3.63, 3.8) is 0 Å². The van der Waals surface area contributed by atoms with Gasteiger partial charge in [-0.1, -0.05) is 44.4 Å². The minimum atomic E-state index is 0.940. The van der Waals surface area contributed by atoms with E-state index in [0.29, 0.717) is 0 Å². The van der Waals surface area contributed by atoms with E-state index in [0.717, 1.165) is 23.1 Å². The molecule has 0 saturated carbocycles. The molecule has 0 aromatic heterocycles. The molecule has 0 rings (SSSR count). The van der Waals surface area contributed by atoms with Crippen LogP contribution in [0.5, 0.6) is 0 Å². The van der Waals surface area contributed by atoms with Gasteiger partial charge in [0.15, 0.2) is 0 Å². The lowest BCUT2D eigenvalue weighted by Crippen LogP contribution is -1.82. The minimum Gasteiger partial charge on any atom is -0.0955 e. The third-order valence-corrected chi connectivity index (χ3v) is 1.46. The molecular formula is C11H16. The highest BCUT2D eigenvalue weighted by atomic mass is 14.0. The van der Waals surface area contributed by atoms with Gasteiger partial charge in [-0.25, -0.2) is 0 Å². The zero-order valence-electron chi connectivity index (χ0n) is 7.48. The Hall–Kier alpha value is -1.04. The van der Waals surface area contributed by atoms with Crippen molar-refractivity contribution in [1.29, 1.82) is 0 Å². The molecule has 0 heterocycles. The lowest BCUT2D eigenvalue weighted by atomic mass is 10.0. The first kappa shape index (κ1) is 9.96. The molecule has 0 heteroatoms. The summed E-state index contributed by atoms with van der Waals surface area (Å²) in [5, 5.41) is 0. The van der Waals surface area contributed by atoms with Crippen LogP contribution in [0, 0.1) is 0 Å². The topological polar surface area (TPSA) is 0 Å². The zero-order chi connectivity index (χ0) is 8.85. The molecular weight excluding hydrogens is 132 g/mol. The van der Waals surface area contributed by atoms with Crippen LogP contribution in [-0.4, -0.2) is 0 Å². The van der Waals surface area contributed by atoms with Gasteiger partial charge in [0.2, 0.25) is 0 Å². The Labute approximate surface area is 69.6 Å². The summed E-state index contributed by atoms with van der Waals surface area (Å²) in [4.78, 5) is 0. The van der Waals surface area contributed by atoms with Crippen molar-refractivity contribution in [2.45, 2.75) is 20.3 Å². The van der Waals surface area contributed by atoms with Gasteiger partial charge >= 0.3 is 0 Å². The summed E-state index contributed by atoms with van der Waals surface area (Å²) in [6, 6.07) is 0. The second-order valence-electron chi connectivity index (χ2n) is 2.59. The first-order chi connectivity index (χ1) is 5.09. The van der Waals surface area contributed by atoms with Crippen LogP contribution >= 0.6 is 0 Å². The minimum absolute atomic E-state index is 0.940. The molecule has 0 aromatic carbocycles. The maximum atomic E-state index is 3.87. The maximum Gasteiger partial charge on any atom is -0.0239 e. The van der Waals surface area contributed by atoms with Crippen molar-refractivity contribution in [3.05, 3.63) is 48.6 Å². The Morgan fingerprint density at radius 1 is 1.27 bits per heavy atom. The molecule has 0 aliphatic carbocycles. The Morgan fingerprint density at radius 3 is 2.18 bits per heavy atom. The quantitative estimate of drug-likeness (QED) is 0.534. The molecule has 0 amide bonds. The average Bonchev–Trinajstić information content (AvgIpc) is 1.98. The largest absolute Gasteiger partial charge is 0.0955 e. The summed E-state index contributed by atoms with van der Waals surface area (Å²) in [5.41, 5.74) is 2.88. The SMILES string of the molecule is C=C(C)C(=C)C(=C)C=CCC. The molecule has 0 saturated heterocycles. The van der Waals surface area contributed by atoms with Crippen molar-refractivity contribution in [1.82, 2.24) is 0 Å². The van der Waals surface area contributed by atoms with E-state index in [1.807, 2.05) is 13.0 Å². The summed E-state index contributed by atoms with van der Waals surface area (Å²) in [7, 11) is 0. The number of hydrogen-bond acceptors (Lipinski definition) is 0. The fourth-order valence-electron chi connectivity index (χ4n) is 0.635. The van der Waals surface area contributed by atoms with Crippen molar-refractivity contribution < 1.29 is 0 Å². The van der Waals surface area contributed by atoms with Gasteiger partial charge in [-0.2, -0.15) is 0 Å². The number of hydrogen-bond donors (Lipinski definition) is 0. The van der Waals surface area contributed by atoms with E-state index in [1.165, 1.54) is 0 Å². The van der Waals surface area contributed by atoms with Gasteiger partial charge in [0, 0.05) is 0 Å². The average molecular weight is 148 g/mol. The first-order valence-corrected chi connectivity index (χ1v) is 3.80. The summed E-state index contributed by atoms with van der Waals surface area (Å²) in [6.07, 6.45) is 5.08. The molecule has 0 aromatic rings. The normalized spacial score (nSPS) is 10.0. The van der Waals surface area contributed by atoms with Crippen molar-refractivity contribution in [3.8, 4) is 0 Å². The van der Waals surface area contributed by atoms with Crippen LogP contribution in [0.3, 0.4) is 0 Å². The van der Waals surface area contributed by atoms with Crippen molar-refractivity contribution in [2.75, 3.05) is 0 Å². The standard InChI is InChI=1S/C11H16/c1-6-7-8-10(4)11(5)9(2)3/h7-8H,2,4-6H2,1,3H3. The van der Waals surface area contributed by atoms with Crippen LogP contribution in [0.25, 0.3) is 0 Å². The van der Waals surface area contributed by atoms with E-state index in [4.69, 9.17) is 0 Å². The smallest absolute Gasteiger partial charge is 0.0239 e. The second-order valence-corrected chi connectivity index (χ2v) is 2.59. The molecule has 0 nitrogen and oxygen atoms in total. The number of rotatable bonds is 4. The highest BCUT2D eigenvalue weighted by Gasteiger charge is 1.94. The Balaban J connectivity index is 4.16. The fraction of sp³-hybridized carbons (Fsp3) is 0.273. The van der Waals surface area contributed by atoms with Crippen LogP contribution in [-0.2, 0) is 0 Å². The maximum absolute atomic E-state index is 3.87. The Morgan fingerprint density at radius 2 is 1.82 bits per heavy atom. The van der Waals surface area contributed by atoms with Gasteiger partial charge in [-0.05, 0) is 24.5 Å². The predicted molar refractivity (Wildman–Crippen MR) is 52.5 cm³/mol. The van der Waals surface area contributed by atoms with E-state index in [2.05, 4.69) is 32.7 Å². The lowest BCUT2D eigenvalue weighted by Gasteiger charge is -2.02. The van der Waals surface area contributed by atoms with Gasteiger partial charge in [0.1, 0.15) is 0 Å². The monoisotopic (exact) mass is 148 g/mol. The Kier molecular flexibility index (Phi) is 4.28. The van der Waals surface area contributed by atoms with Gasteiger partial charge in [0.25, 0.3) is 0 Å². The summed E-state index contributed by atoms with van der Waals surface area (Å²) < 4.78 is 0.